The number of imidazole rings is 1. The number of benzene rings is 2. The zero-order valence-corrected chi connectivity index (χ0v) is 22.3. The van der Waals surface area contributed by atoms with E-state index in [2.05, 4.69) is 126 Å². The first kappa shape index (κ1) is 26.2. The summed E-state index contributed by atoms with van der Waals surface area (Å²) in [6.45, 7) is 21.3. The third kappa shape index (κ3) is 7.55. The first-order chi connectivity index (χ1) is 16.6. The maximum absolute atomic E-state index is 5.06. The molecule has 1 atom stereocenters. The van der Waals surface area contributed by atoms with Crippen molar-refractivity contribution in [2.75, 3.05) is 0 Å². The predicted octanol–water partition coefficient (Wildman–Crippen LogP) is 8.83. The minimum Gasteiger partial charge on any atom is -0.345 e. The maximum atomic E-state index is 5.06. The lowest BCUT2D eigenvalue weighted by Crippen LogP contribution is -2.07. The first-order valence-electron chi connectivity index (χ1n) is 12.5. The molecule has 0 saturated heterocycles. The summed E-state index contributed by atoms with van der Waals surface area (Å²) in [6.07, 6.45) is 8.16. The number of allylic oxidation sites excluding steroid dienone is 5. The lowest BCUT2D eigenvalue weighted by molar-refractivity contribution is 0.651. The van der Waals surface area contributed by atoms with Crippen molar-refractivity contribution in [2.24, 2.45) is 5.92 Å². The summed E-state index contributed by atoms with van der Waals surface area (Å²) in [5, 5.41) is 0. The Morgan fingerprint density at radius 2 is 1.51 bits per heavy atom. The largest absolute Gasteiger partial charge is 0.345 e. The van der Waals surface area contributed by atoms with Gasteiger partial charge in [-0.1, -0.05) is 104 Å². The smallest absolute Gasteiger partial charge is 0.114 e. The second-order valence-electron chi connectivity index (χ2n) is 10.2. The van der Waals surface area contributed by atoms with Gasteiger partial charge in [0.25, 0.3) is 0 Å². The topological polar surface area (TPSA) is 28.7 Å². The van der Waals surface area contributed by atoms with Crippen LogP contribution in [0.1, 0.15) is 72.6 Å². The molecule has 0 aliphatic carbocycles. The number of rotatable bonds is 10. The number of nitrogens with zero attached hydrogens (tertiary/aromatic N) is 1. The Morgan fingerprint density at radius 1 is 0.914 bits per heavy atom. The zero-order chi connectivity index (χ0) is 25.5. The van der Waals surface area contributed by atoms with Crippen LogP contribution in [0.3, 0.4) is 0 Å². The van der Waals surface area contributed by atoms with Crippen LogP contribution >= 0.6 is 0 Å². The van der Waals surface area contributed by atoms with Gasteiger partial charge in [0.15, 0.2) is 0 Å². The summed E-state index contributed by atoms with van der Waals surface area (Å²) < 4.78 is 0. The van der Waals surface area contributed by atoms with Crippen LogP contribution in [0.2, 0.25) is 0 Å². The minimum atomic E-state index is 0.155. The fraction of sp³-hybridized carbons (Fsp3) is 0.303. The number of H-pyrrole nitrogens is 1. The molecule has 0 radical (unpaired) electrons. The van der Waals surface area contributed by atoms with Gasteiger partial charge in [0.05, 0.1) is 5.69 Å². The average Bonchev–Trinajstić information content (AvgIpc) is 3.17. The Labute approximate surface area is 212 Å². The summed E-state index contributed by atoms with van der Waals surface area (Å²) in [5.41, 5.74) is 10.4. The van der Waals surface area contributed by atoms with E-state index in [0.717, 1.165) is 46.8 Å². The highest BCUT2D eigenvalue weighted by Gasteiger charge is 2.20. The Hall–Kier alpha value is -3.39. The molecule has 0 aliphatic rings. The lowest BCUT2D eigenvalue weighted by atomic mass is 9.90. The van der Waals surface area contributed by atoms with Crippen molar-refractivity contribution in [2.45, 2.75) is 60.3 Å². The Kier molecular flexibility index (Phi) is 8.87. The van der Waals surface area contributed by atoms with Crippen molar-refractivity contribution in [3.8, 4) is 0 Å². The van der Waals surface area contributed by atoms with Crippen molar-refractivity contribution in [3.05, 3.63) is 130 Å². The molecule has 3 aromatic rings. The van der Waals surface area contributed by atoms with Crippen molar-refractivity contribution < 1.29 is 0 Å². The highest BCUT2D eigenvalue weighted by atomic mass is 14.9. The Morgan fingerprint density at radius 3 is 2.11 bits per heavy atom. The molecule has 1 aromatic heterocycles. The van der Waals surface area contributed by atoms with Crippen molar-refractivity contribution in [1.82, 2.24) is 9.97 Å². The second kappa shape index (κ2) is 11.8. The van der Waals surface area contributed by atoms with E-state index in [9.17, 15) is 0 Å². The minimum absolute atomic E-state index is 0.155. The van der Waals surface area contributed by atoms with E-state index in [-0.39, 0.29) is 5.92 Å². The Balaban J connectivity index is 1.88. The van der Waals surface area contributed by atoms with Crippen molar-refractivity contribution >= 4 is 6.08 Å². The van der Waals surface area contributed by atoms with E-state index in [0.29, 0.717) is 5.92 Å². The highest BCUT2D eigenvalue weighted by Crippen LogP contribution is 2.29. The van der Waals surface area contributed by atoms with Gasteiger partial charge in [-0.2, -0.15) is 0 Å². The van der Waals surface area contributed by atoms with E-state index >= 15 is 0 Å². The van der Waals surface area contributed by atoms with E-state index in [1.165, 1.54) is 22.3 Å². The highest BCUT2D eigenvalue weighted by molar-refractivity contribution is 5.59. The molecule has 0 amide bonds. The predicted molar refractivity (Wildman–Crippen MR) is 152 cm³/mol. The molecule has 3 rings (SSSR count). The van der Waals surface area contributed by atoms with Gasteiger partial charge in [0.1, 0.15) is 5.82 Å². The molecule has 2 heteroatoms. The van der Waals surface area contributed by atoms with Crippen LogP contribution in [0, 0.1) is 26.7 Å². The third-order valence-electron chi connectivity index (χ3n) is 6.36. The van der Waals surface area contributed by atoms with E-state index < -0.39 is 0 Å². The number of hydrogen-bond donors (Lipinski definition) is 1. The summed E-state index contributed by atoms with van der Waals surface area (Å²) in [5.74, 6) is 1.75. The van der Waals surface area contributed by atoms with Crippen LogP contribution in [0.4, 0.5) is 0 Å². The zero-order valence-electron chi connectivity index (χ0n) is 22.3. The fourth-order valence-electron chi connectivity index (χ4n) is 4.17. The molecule has 1 N–H and O–H groups in total. The average molecular weight is 465 g/mol. The van der Waals surface area contributed by atoms with Gasteiger partial charge >= 0.3 is 0 Å². The van der Waals surface area contributed by atoms with Crippen LogP contribution in [0.5, 0.6) is 0 Å². The van der Waals surface area contributed by atoms with Crippen molar-refractivity contribution in [1.29, 1.82) is 0 Å². The van der Waals surface area contributed by atoms with Gasteiger partial charge in [0.2, 0.25) is 0 Å². The van der Waals surface area contributed by atoms with Gasteiger partial charge in [-0.25, -0.2) is 4.98 Å². The SMILES string of the molecule is C=C(/C=C\C(=C)/C(C)=C/c1nc(C(Cc2ccc(C)cc2)c2ccc(C)cc2)[nH]c1C)CC(C)C. The quantitative estimate of drug-likeness (QED) is 0.298. The summed E-state index contributed by atoms with van der Waals surface area (Å²) >= 11 is 0. The molecule has 0 fully saturated rings. The van der Waals surface area contributed by atoms with Gasteiger partial charge < -0.3 is 4.98 Å². The number of aromatic amines is 1. The molecule has 1 heterocycles. The molecule has 2 nitrogen and oxygen atoms in total. The first-order valence-corrected chi connectivity index (χ1v) is 12.5. The molecule has 35 heavy (non-hydrogen) atoms. The van der Waals surface area contributed by atoms with Gasteiger partial charge in [-0.3, -0.25) is 0 Å². The second-order valence-corrected chi connectivity index (χ2v) is 10.2. The molecular weight excluding hydrogens is 424 g/mol. The molecule has 2 aromatic carbocycles. The molecular formula is C33H40N2. The summed E-state index contributed by atoms with van der Waals surface area (Å²) in [7, 11) is 0. The van der Waals surface area contributed by atoms with E-state index in [1.807, 2.05) is 0 Å². The van der Waals surface area contributed by atoms with Crippen LogP contribution < -0.4 is 0 Å². The van der Waals surface area contributed by atoms with Gasteiger partial charge in [0, 0.05) is 11.6 Å². The molecule has 0 spiro atoms. The summed E-state index contributed by atoms with van der Waals surface area (Å²) in [4.78, 5) is 8.65. The van der Waals surface area contributed by atoms with E-state index in [4.69, 9.17) is 4.98 Å². The molecule has 0 bridgehead atoms. The van der Waals surface area contributed by atoms with E-state index in [1.54, 1.807) is 0 Å². The van der Waals surface area contributed by atoms with Crippen LogP contribution in [0.25, 0.3) is 6.08 Å². The van der Waals surface area contributed by atoms with Crippen LogP contribution in [0.15, 0.2) is 90.6 Å². The van der Waals surface area contributed by atoms with Crippen molar-refractivity contribution in [3.63, 3.8) is 0 Å². The number of hydrogen-bond acceptors (Lipinski definition) is 1. The lowest BCUT2D eigenvalue weighted by Gasteiger charge is -2.16. The van der Waals surface area contributed by atoms with Crippen LogP contribution in [-0.4, -0.2) is 9.97 Å². The molecule has 0 aliphatic heterocycles. The molecule has 1 unspecified atom stereocenters. The molecule has 0 saturated carbocycles. The summed E-state index contributed by atoms with van der Waals surface area (Å²) in [6, 6.07) is 17.6. The third-order valence-corrected chi connectivity index (χ3v) is 6.36. The molecule has 182 valence electrons. The Bertz CT molecular complexity index is 1220. The number of nitrogens with one attached hydrogen (secondary N) is 1. The normalized spacial score (nSPS) is 12.9. The fourth-order valence-corrected chi connectivity index (χ4v) is 4.17. The van der Waals surface area contributed by atoms with Gasteiger partial charge in [-0.15, -0.1) is 0 Å². The van der Waals surface area contributed by atoms with Crippen LogP contribution in [-0.2, 0) is 6.42 Å². The van der Waals surface area contributed by atoms with Gasteiger partial charge in [-0.05, 0) is 74.8 Å². The standard InChI is InChI=1S/C33H40N2/c1-22(2)19-25(5)9-14-26(6)27(7)20-32-28(8)34-33(35-32)31(30-17-12-24(4)13-18-30)21-29-15-10-23(3)11-16-29/h9-18,20,22,31H,5-6,19,21H2,1-4,7-8H3,(H,34,35)/b14-9-,27-20+. The maximum Gasteiger partial charge on any atom is 0.114 e. The number of aromatic nitrogens is 2. The monoisotopic (exact) mass is 464 g/mol. The number of aryl methyl sites for hydroxylation is 3.